The standard InChI is InChI=1S/C25H28F2O2/c26-22-12-10-20-13-19(9-11-21(20)25(22)27)17-3-1-15(2-4-17)16-5-7-18(8-6-16)23-14-24(28)29-23/h9-13,15-18,23H,1-8,14H2. The number of carbonyl (C=O) groups is 1. The summed E-state index contributed by atoms with van der Waals surface area (Å²) < 4.78 is 32.7. The molecule has 5 rings (SSSR count). The summed E-state index contributed by atoms with van der Waals surface area (Å²) in [7, 11) is 0. The Kier molecular flexibility index (Phi) is 5.05. The highest BCUT2D eigenvalue weighted by atomic mass is 19.2. The van der Waals surface area contributed by atoms with Crippen LogP contribution in [0.3, 0.4) is 0 Å². The molecule has 1 heterocycles. The molecule has 1 unspecified atom stereocenters. The molecule has 2 aromatic carbocycles. The predicted molar refractivity (Wildman–Crippen MR) is 109 cm³/mol. The molecule has 154 valence electrons. The van der Waals surface area contributed by atoms with Crippen molar-refractivity contribution in [1.29, 1.82) is 0 Å². The minimum absolute atomic E-state index is 0.0305. The summed E-state index contributed by atoms with van der Waals surface area (Å²) in [5.74, 6) is 1.18. The molecule has 2 aromatic rings. The first-order valence-corrected chi connectivity index (χ1v) is 11.2. The summed E-state index contributed by atoms with van der Waals surface area (Å²) in [5.41, 5.74) is 1.26. The van der Waals surface area contributed by atoms with E-state index in [4.69, 9.17) is 4.74 Å². The summed E-state index contributed by atoms with van der Waals surface area (Å²) in [5, 5.41) is 1.16. The van der Waals surface area contributed by atoms with Crippen LogP contribution in [0.25, 0.3) is 10.8 Å². The van der Waals surface area contributed by atoms with Gasteiger partial charge < -0.3 is 4.74 Å². The molecule has 29 heavy (non-hydrogen) atoms. The molecule has 3 fully saturated rings. The van der Waals surface area contributed by atoms with Crippen LogP contribution in [0.2, 0.25) is 0 Å². The maximum absolute atomic E-state index is 14.0. The zero-order valence-corrected chi connectivity index (χ0v) is 16.7. The SMILES string of the molecule is O=C1CC(C2CCC(C3CCC(c4ccc5c(F)c(F)ccc5c4)CC3)CC2)O1. The maximum Gasteiger partial charge on any atom is 0.309 e. The van der Waals surface area contributed by atoms with E-state index < -0.39 is 11.6 Å². The highest BCUT2D eigenvalue weighted by molar-refractivity contribution is 5.84. The molecular formula is C25H28F2O2. The van der Waals surface area contributed by atoms with Gasteiger partial charge in [0.15, 0.2) is 11.6 Å². The number of hydrogen-bond acceptors (Lipinski definition) is 2. The monoisotopic (exact) mass is 398 g/mol. The second-order valence-corrected chi connectivity index (χ2v) is 9.36. The first kappa shape index (κ1) is 19.0. The minimum atomic E-state index is -0.782. The largest absolute Gasteiger partial charge is 0.461 e. The minimum Gasteiger partial charge on any atom is -0.461 e. The van der Waals surface area contributed by atoms with Gasteiger partial charge in [0.05, 0.1) is 6.42 Å². The third kappa shape index (κ3) is 3.67. The Labute approximate surface area is 170 Å². The number of rotatable bonds is 3. The quantitative estimate of drug-likeness (QED) is 0.551. The van der Waals surface area contributed by atoms with Crippen LogP contribution in [0.5, 0.6) is 0 Å². The van der Waals surface area contributed by atoms with Crippen molar-refractivity contribution >= 4 is 16.7 Å². The number of cyclic esters (lactones) is 1. The Morgan fingerprint density at radius 2 is 1.41 bits per heavy atom. The van der Waals surface area contributed by atoms with E-state index in [1.54, 1.807) is 12.1 Å². The van der Waals surface area contributed by atoms with E-state index in [1.807, 2.05) is 12.1 Å². The molecule has 0 aromatic heterocycles. The van der Waals surface area contributed by atoms with Crippen molar-refractivity contribution in [3.05, 3.63) is 47.5 Å². The normalized spacial score (nSPS) is 32.6. The van der Waals surface area contributed by atoms with Crippen LogP contribution < -0.4 is 0 Å². The number of fused-ring (bicyclic) bond motifs is 1. The van der Waals surface area contributed by atoms with Gasteiger partial charge in [0.25, 0.3) is 0 Å². The number of hydrogen-bond donors (Lipinski definition) is 0. The van der Waals surface area contributed by atoms with Gasteiger partial charge in [-0.05, 0) is 92.1 Å². The van der Waals surface area contributed by atoms with E-state index in [0.29, 0.717) is 23.6 Å². The molecule has 1 aliphatic heterocycles. The van der Waals surface area contributed by atoms with Gasteiger partial charge in [-0.15, -0.1) is 0 Å². The number of halogens is 2. The molecule has 2 aliphatic carbocycles. The number of carbonyl (C=O) groups excluding carboxylic acids is 1. The van der Waals surface area contributed by atoms with Crippen LogP contribution in [0.4, 0.5) is 8.78 Å². The third-order valence-electron chi connectivity index (χ3n) is 7.83. The number of benzene rings is 2. The highest BCUT2D eigenvalue weighted by Crippen LogP contribution is 2.45. The van der Waals surface area contributed by atoms with E-state index in [0.717, 1.165) is 17.2 Å². The van der Waals surface area contributed by atoms with Gasteiger partial charge in [-0.25, -0.2) is 8.78 Å². The molecule has 0 bridgehead atoms. The Balaban J connectivity index is 1.17. The summed E-state index contributed by atoms with van der Waals surface area (Å²) in [6.45, 7) is 0. The molecule has 2 saturated carbocycles. The number of esters is 1. The molecule has 1 atom stereocenters. The van der Waals surface area contributed by atoms with Crippen molar-refractivity contribution < 1.29 is 18.3 Å². The van der Waals surface area contributed by atoms with Crippen LogP contribution in [-0.2, 0) is 9.53 Å². The average Bonchev–Trinajstić information content (AvgIpc) is 2.74. The topological polar surface area (TPSA) is 26.3 Å². The molecule has 1 saturated heterocycles. The zero-order valence-electron chi connectivity index (χ0n) is 16.7. The van der Waals surface area contributed by atoms with Crippen LogP contribution in [-0.4, -0.2) is 12.1 Å². The van der Waals surface area contributed by atoms with Crippen LogP contribution >= 0.6 is 0 Å². The highest BCUT2D eigenvalue weighted by Gasteiger charge is 2.39. The maximum atomic E-state index is 14.0. The van der Waals surface area contributed by atoms with Crippen molar-refractivity contribution in [2.75, 3.05) is 0 Å². The second kappa shape index (κ2) is 7.70. The van der Waals surface area contributed by atoms with Crippen LogP contribution in [0.1, 0.15) is 69.3 Å². The van der Waals surface area contributed by atoms with Gasteiger partial charge in [0, 0.05) is 5.39 Å². The van der Waals surface area contributed by atoms with Crippen molar-refractivity contribution in [3.63, 3.8) is 0 Å². The van der Waals surface area contributed by atoms with Crippen molar-refractivity contribution in [2.45, 2.75) is 69.8 Å². The van der Waals surface area contributed by atoms with Gasteiger partial charge in [-0.3, -0.25) is 4.79 Å². The Morgan fingerprint density at radius 1 is 0.793 bits per heavy atom. The predicted octanol–water partition coefficient (Wildman–Crippen LogP) is 6.51. The Morgan fingerprint density at radius 3 is 2.07 bits per heavy atom. The fourth-order valence-corrected chi connectivity index (χ4v) is 6.04. The second-order valence-electron chi connectivity index (χ2n) is 9.36. The fourth-order valence-electron chi connectivity index (χ4n) is 6.04. The third-order valence-corrected chi connectivity index (χ3v) is 7.83. The Bertz CT molecular complexity index is 900. The average molecular weight is 398 g/mol. The van der Waals surface area contributed by atoms with E-state index in [-0.39, 0.29) is 12.1 Å². The lowest BCUT2D eigenvalue weighted by molar-refractivity contribution is -0.176. The molecule has 3 aliphatic rings. The van der Waals surface area contributed by atoms with E-state index in [1.165, 1.54) is 63.0 Å². The lowest BCUT2D eigenvalue weighted by Gasteiger charge is -2.41. The first-order valence-electron chi connectivity index (χ1n) is 11.2. The fraction of sp³-hybridized carbons (Fsp3) is 0.560. The zero-order chi connectivity index (χ0) is 20.0. The van der Waals surface area contributed by atoms with Gasteiger partial charge >= 0.3 is 5.97 Å². The van der Waals surface area contributed by atoms with Crippen LogP contribution in [0.15, 0.2) is 30.3 Å². The van der Waals surface area contributed by atoms with Gasteiger partial charge in [-0.1, -0.05) is 24.3 Å². The summed E-state index contributed by atoms with van der Waals surface area (Å²) in [6, 6.07) is 8.68. The summed E-state index contributed by atoms with van der Waals surface area (Å²) >= 11 is 0. The number of ether oxygens (including phenoxy) is 1. The molecule has 0 amide bonds. The van der Waals surface area contributed by atoms with E-state index in [9.17, 15) is 13.6 Å². The Hall–Kier alpha value is -1.97. The van der Waals surface area contributed by atoms with Crippen LogP contribution in [0, 0.1) is 29.4 Å². The van der Waals surface area contributed by atoms with Crippen molar-refractivity contribution in [2.24, 2.45) is 17.8 Å². The molecule has 0 N–H and O–H groups in total. The first-order chi connectivity index (χ1) is 14.1. The van der Waals surface area contributed by atoms with Crippen molar-refractivity contribution in [1.82, 2.24) is 0 Å². The van der Waals surface area contributed by atoms with Gasteiger partial charge in [0.2, 0.25) is 0 Å². The van der Waals surface area contributed by atoms with Gasteiger partial charge in [0.1, 0.15) is 6.10 Å². The van der Waals surface area contributed by atoms with E-state index >= 15 is 0 Å². The molecular weight excluding hydrogens is 370 g/mol. The lowest BCUT2D eigenvalue weighted by Crippen LogP contribution is -2.41. The molecule has 0 spiro atoms. The van der Waals surface area contributed by atoms with E-state index in [2.05, 4.69) is 0 Å². The molecule has 2 nitrogen and oxygen atoms in total. The lowest BCUT2D eigenvalue weighted by atomic mass is 9.67. The molecule has 0 radical (unpaired) electrons. The van der Waals surface area contributed by atoms with Gasteiger partial charge in [-0.2, -0.15) is 0 Å². The molecule has 4 heteroatoms. The van der Waals surface area contributed by atoms with Crippen molar-refractivity contribution in [3.8, 4) is 0 Å². The summed E-state index contributed by atoms with van der Waals surface area (Å²) in [4.78, 5) is 11.1. The summed E-state index contributed by atoms with van der Waals surface area (Å²) in [6.07, 6.45) is 10.7. The smallest absolute Gasteiger partial charge is 0.309 e.